The molecule has 0 radical (unpaired) electrons. The Morgan fingerprint density at radius 3 is 2.96 bits per heavy atom. The van der Waals surface area contributed by atoms with Gasteiger partial charge < -0.3 is 14.1 Å². The molecule has 4 aromatic heterocycles. The zero-order valence-corrected chi connectivity index (χ0v) is 14.4. The van der Waals surface area contributed by atoms with Gasteiger partial charge in [0.1, 0.15) is 16.5 Å². The topological polar surface area (TPSA) is 72.4 Å². The lowest BCUT2D eigenvalue weighted by molar-refractivity contribution is -0.118. The number of hydrogen-bond acceptors (Lipinski definition) is 5. The predicted octanol–water partition coefficient (Wildman–Crippen LogP) is 3.19. The smallest absolute Gasteiger partial charge is 0.230 e. The summed E-state index contributed by atoms with van der Waals surface area (Å²) in [5, 5.41) is 3.65. The average molecular weight is 352 g/mol. The van der Waals surface area contributed by atoms with Crippen LogP contribution in [0.2, 0.25) is 0 Å². The molecule has 0 fully saturated rings. The molecule has 0 unspecified atom stereocenters. The SMILES string of the molecule is Cc1ccc(CNC(=O)CSc2nc3ncccc3n3cccc23)o1. The van der Waals surface area contributed by atoms with Crippen molar-refractivity contribution in [1.29, 1.82) is 0 Å². The van der Waals surface area contributed by atoms with Gasteiger partial charge in [-0.3, -0.25) is 4.79 Å². The molecule has 0 aliphatic carbocycles. The van der Waals surface area contributed by atoms with Crippen LogP contribution < -0.4 is 5.32 Å². The molecule has 6 nitrogen and oxygen atoms in total. The van der Waals surface area contributed by atoms with Crippen molar-refractivity contribution in [2.24, 2.45) is 0 Å². The average Bonchev–Trinajstić information content (AvgIpc) is 3.27. The quantitative estimate of drug-likeness (QED) is 0.559. The summed E-state index contributed by atoms with van der Waals surface area (Å²) >= 11 is 1.40. The molecule has 0 spiro atoms. The number of carbonyl (C=O) groups excluding carboxylic acids is 1. The molecule has 1 N–H and O–H groups in total. The van der Waals surface area contributed by atoms with E-state index in [1.54, 1.807) is 6.20 Å². The number of rotatable bonds is 5. The van der Waals surface area contributed by atoms with Crippen LogP contribution in [0.15, 0.2) is 58.2 Å². The van der Waals surface area contributed by atoms with E-state index in [0.717, 1.165) is 27.6 Å². The van der Waals surface area contributed by atoms with E-state index < -0.39 is 0 Å². The molecule has 0 saturated heterocycles. The van der Waals surface area contributed by atoms with E-state index in [1.807, 2.05) is 53.9 Å². The molecule has 7 heteroatoms. The lowest BCUT2D eigenvalue weighted by Crippen LogP contribution is -2.24. The van der Waals surface area contributed by atoms with Gasteiger partial charge in [-0.15, -0.1) is 0 Å². The Morgan fingerprint density at radius 1 is 1.24 bits per heavy atom. The van der Waals surface area contributed by atoms with Gasteiger partial charge in [-0.2, -0.15) is 0 Å². The third-order valence-electron chi connectivity index (χ3n) is 3.80. The van der Waals surface area contributed by atoms with E-state index in [9.17, 15) is 4.79 Å². The van der Waals surface area contributed by atoms with Crippen molar-refractivity contribution in [2.45, 2.75) is 18.5 Å². The molecular weight excluding hydrogens is 336 g/mol. The third kappa shape index (κ3) is 3.23. The number of aryl methyl sites for hydroxylation is 1. The normalized spacial score (nSPS) is 11.2. The second-order valence-corrected chi connectivity index (χ2v) is 6.57. The maximum atomic E-state index is 12.1. The summed E-state index contributed by atoms with van der Waals surface area (Å²) in [6, 6.07) is 11.6. The summed E-state index contributed by atoms with van der Waals surface area (Å²) in [5.74, 6) is 1.80. The van der Waals surface area contributed by atoms with Gasteiger partial charge in [0.05, 0.1) is 23.3 Å². The highest BCUT2D eigenvalue weighted by molar-refractivity contribution is 8.00. The predicted molar refractivity (Wildman–Crippen MR) is 96.5 cm³/mol. The lowest BCUT2D eigenvalue weighted by Gasteiger charge is -2.07. The fourth-order valence-corrected chi connectivity index (χ4v) is 3.47. The van der Waals surface area contributed by atoms with Crippen LogP contribution in [-0.4, -0.2) is 26.0 Å². The first-order valence-electron chi connectivity index (χ1n) is 7.87. The first-order chi connectivity index (χ1) is 12.2. The molecule has 25 heavy (non-hydrogen) atoms. The van der Waals surface area contributed by atoms with Crippen molar-refractivity contribution in [1.82, 2.24) is 19.7 Å². The van der Waals surface area contributed by atoms with E-state index in [4.69, 9.17) is 4.42 Å². The van der Waals surface area contributed by atoms with Crippen LogP contribution in [0.5, 0.6) is 0 Å². The molecule has 0 bridgehead atoms. The third-order valence-corrected chi connectivity index (χ3v) is 4.78. The number of carbonyl (C=O) groups is 1. The number of nitrogens with one attached hydrogen (secondary N) is 1. The van der Waals surface area contributed by atoms with E-state index >= 15 is 0 Å². The Bertz CT molecular complexity index is 1050. The summed E-state index contributed by atoms with van der Waals surface area (Å²) in [7, 11) is 0. The molecule has 0 aliphatic heterocycles. The second kappa shape index (κ2) is 6.60. The zero-order chi connectivity index (χ0) is 17.2. The van der Waals surface area contributed by atoms with Gasteiger partial charge >= 0.3 is 0 Å². The van der Waals surface area contributed by atoms with E-state index in [1.165, 1.54) is 11.8 Å². The van der Waals surface area contributed by atoms with Crippen LogP contribution in [0.25, 0.3) is 16.7 Å². The lowest BCUT2D eigenvalue weighted by atomic mass is 10.4. The van der Waals surface area contributed by atoms with Crippen LogP contribution in [-0.2, 0) is 11.3 Å². The van der Waals surface area contributed by atoms with E-state index in [-0.39, 0.29) is 11.7 Å². The second-order valence-electron chi connectivity index (χ2n) is 5.60. The highest BCUT2D eigenvalue weighted by atomic mass is 32.2. The van der Waals surface area contributed by atoms with Gasteiger partial charge in [0.25, 0.3) is 0 Å². The van der Waals surface area contributed by atoms with Crippen molar-refractivity contribution in [3.63, 3.8) is 0 Å². The van der Waals surface area contributed by atoms with Crippen molar-refractivity contribution in [3.05, 3.63) is 60.3 Å². The Kier molecular flexibility index (Phi) is 4.15. The van der Waals surface area contributed by atoms with Crippen molar-refractivity contribution in [3.8, 4) is 0 Å². The van der Waals surface area contributed by atoms with Crippen LogP contribution in [0.1, 0.15) is 11.5 Å². The van der Waals surface area contributed by atoms with Crippen LogP contribution in [0, 0.1) is 6.92 Å². The molecule has 4 aromatic rings. The number of hydrogen-bond donors (Lipinski definition) is 1. The highest BCUT2D eigenvalue weighted by Crippen LogP contribution is 2.25. The van der Waals surface area contributed by atoms with Crippen molar-refractivity contribution in [2.75, 3.05) is 5.75 Å². The molecule has 4 rings (SSSR count). The molecular formula is C18H16N4O2S. The maximum absolute atomic E-state index is 12.1. The number of nitrogens with zero attached hydrogens (tertiary/aromatic N) is 3. The summed E-state index contributed by atoms with van der Waals surface area (Å²) in [4.78, 5) is 21.0. The van der Waals surface area contributed by atoms with Crippen LogP contribution in [0.3, 0.4) is 0 Å². The number of aromatic nitrogens is 3. The molecule has 0 aromatic carbocycles. The van der Waals surface area contributed by atoms with Gasteiger partial charge in [0.15, 0.2) is 5.65 Å². The number of thioether (sulfide) groups is 1. The Morgan fingerprint density at radius 2 is 2.12 bits per heavy atom. The number of pyridine rings is 1. The minimum atomic E-state index is -0.0633. The first-order valence-corrected chi connectivity index (χ1v) is 8.86. The fraction of sp³-hybridized carbons (Fsp3) is 0.167. The Balaban J connectivity index is 1.48. The van der Waals surface area contributed by atoms with Gasteiger partial charge in [-0.25, -0.2) is 9.97 Å². The van der Waals surface area contributed by atoms with Gasteiger partial charge in [0, 0.05) is 12.4 Å². The summed E-state index contributed by atoms with van der Waals surface area (Å²) in [6.45, 7) is 2.27. The molecule has 4 heterocycles. The monoisotopic (exact) mass is 352 g/mol. The Hall–Kier alpha value is -2.80. The fourth-order valence-electron chi connectivity index (χ4n) is 2.64. The minimum absolute atomic E-state index is 0.0633. The van der Waals surface area contributed by atoms with Gasteiger partial charge in [0.2, 0.25) is 5.91 Å². The first kappa shape index (κ1) is 15.7. The maximum Gasteiger partial charge on any atom is 0.230 e. The Labute approximate surface area is 148 Å². The van der Waals surface area contributed by atoms with Crippen LogP contribution in [0.4, 0.5) is 0 Å². The molecule has 0 aliphatic rings. The van der Waals surface area contributed by atoms with Crippen molar-refractivity contribution < 1.29 is 9.21 Å². The van der Waals surface area contributed by atoms with E-state index in [0.29, 0.717) is 12.2 Å². The van der Waals surface area contributed by atoms with E-state index in [2.05, 4.69) is 15.3 Å². The molecule has 0 atom stereocenters. The molecule has 126 valence electrons. The van der Waals surface area contributed by atoms with Crippen LogP contribution >= 0.6 is 11.8 Å². The van der Waals surface area contributed by atoms with Gasteiger partial charge in [-0.05, 0) is 43.3 Å². The summed E-state index contributed by atoms with van der Waals surface area (Å²) in [6.07, 6.45) is 3.70. The number of amides is 1. The van der Waals surface area contributed by atoms with Gasteiger partial charge in [-0.1, -0.05) is 11.8 Å². The number of furan rings is 1. The summed E-state index contributed by atoms with van der Waals surface area (Å²) < 4.78 is 7.49. The largest absolute Gasteiger partial charge is 0.465 e. The zero-order valence-electron chi connectivity index (χ0n) is 13.6. The number of fused-ring (bicyclic) bond motifs is 3. The molecule has 0 saturated carbocycles. The van der Waals surface area contributed by atoms with Crippen molar-refractivity contribution >= 4 is 34.3 Å². The standard InChI is InChI=1S/C18H16N4O2S/c1-12-6-7-13(24-12)10-20-16(23)11-25-18-15-5-3-9-22(15)14-4-2-8-19-17(14)21-18/h2-9H,10-11H2,1H3,(H,20,23). The highest BCUT2D eigenvalue weighted by Gasteiger charge is 2.11. The molecule has 1 amide bonds. The summed E-state index contributed by atoms with van der Waals surface area (Å²) in [5.41, 5.74) is 2.59. The minimum Gasteiger partial charge on any atom is -0.465 e.